The Morgan fingerprint density at radius 3 is 2.81 bits per heavy atom. The highest BCUT2D eigenvalue weighted by Crippen LogP contribution is 2.39. The zero-order valence-corrected chi connectivity index (χ0v) is 21.9. The molecule has 3 aromatic heterocycles. The Morgan fingerprint density at radius 1 is 1.22 bits per heavy atom. The van der Waals surface area contributed by atoms with E-state index in [1.807, 2.05) is 29.7 Å². The van der Waals surface area contributed by atoms with Gasteiger partial charge in [0.1, 0.15) is 16.6 Å². The van der Waals surface area contributed by atoms with Crippen molar-refractivity contribution in [3.05, 3.63) is 47.0 Å². The SMILES string of the molecule is CCN(C)c1nc2nc(N3C[C@@H](C)O[C@@H](c4cnn(C5CC5)c4)C3)nc(-c3ccc(Cl)cc3F)c2s1. The Kier molecular flexibility index (Phi) is 6.05. The van der Waals surface area contributed by atoms with Crippen LogP contribution in [-0.2, 0) is 4.74 Å². The molecule has 1 aliphatic carbocycles. The van der Waals surface area contributed by atoms with E-state index >= 15 is 4.39 Å². The molecule has 2 aliphatic rings. The van der Waals surface area contributed by atoms with Crippen LogP contribution >= 0.6 is 22.9 Å². The first-order valence-electron chi connectivity index (χ1n) is 12.2. The molecule has 8 nitrogen and oxygen atoms in total. The molecule has 36 heavy (non-hydrogen) atoms. The van der Waals surface area contributed by atoms with Crippen LogP contribution in [0.25, 0.3) is 21.6 Å². The molecule has 0 amide bonds. The van der Waals surface area contributed by atoms with Crippen LogP contribution in [0.3, 0.4) is 0 Å². The van der Waals surface area contributed by atoms with Gasteiger partial charge >= 0.3 is 0 Å². The van der Waals surface area contributed by atoms with Gasteiger partial charge in [-0.3, -0.25) is 4.68 Å². The second-order valence-electron chi connectivity index (χ2n) is 9.48. The summed E-state index contributed by atoms with van der Waals surface area (Å²) in [5.74, 6) is 0.0885. The smallest absolute Gasteiger partial charge is 0.228 e. The van der Waals surface area contributed by atoms with Gasteiger partial charge in [0.2, 0.25) is 5.95 Å². The third-order valence-corrected chi connectivity index (χ3v) is 8.08. The Bertz CT molecular complexity index is 1420. The maximum Gasteiger partial charge on any atom is 0.228 e. The van der Waals surface area contributed by atoms with Crippen molar-refractivity contribution in [2.24, 2.45) is 0 Å². The van der Waals surface area contributed by atoms with Crippen LogP contribution in [0, 0.1) is 5.82 Å². The molecule has 0 N–H and O–H groups in total. The highest BCUT2D eigenvalue weighted by Gasteiger charge is 2.32. The standard InChI is InChI=1S/C25H27ClFN7OS/c1-4-32(3)25-31-23-22(36-25)21(18-8-5-16(26)9-19(18)27)29-24(30-23)33-11-14(2)35-20(13-33)15-10-28-34(12-15)17-6-7-17/h5,8-10,12,14,17,20H,4,6-7,11,13H2,1-3H3/t14-,20-/m1/s1. The first kappa shape index (κ1) is 23.6. The fourth-order valence-electron chi connectivity index (χ4n) is 4.46. The van der Waals surface area contributed by atoms with E-state index in [4.69, 9.17) is 31.3 Å². The van der Waals surface area contributed by atoms with E-state index in [0.717, 1.165) is 21.9 Å². The number of hydrogen-bond acceptors (Lipinski definition) is 8. The van der Waals surface area contributed by atoms with Crippen LogP contribution in [0.5, 0.6) is 0 Å². The molecule has 0 spiro atoms. The molecule has 2 atom stereocenters. The predicted octanol–water partition coefficient (Wildman–Crippen LogP) is 5.50. The van der Waals surface area contributed by atoms with E-state index in [1.54, 1.807) is 12.1 Å². The molecule has 1 saturated heterocycles. The summed E-state index contributed by atoms with van der Waals surface area (Å²) in [6.45, 7) is 6.08. The quantitative estimate of drug-likeness (QED) is 0.328. The van der Waals surface area contributed by atoms with Crippen molar-refractivity contribution in [2.75, 3.05) is 36.5 Å². The maximum atomic E-state index is 15.1. The van der Waals surface area contributed by atoms with Crippen molar-refractivity contribution >= 4 is 44.4 Å². The van der Waals surface area contributed by atoms with Crippen LogP contribution in [0.4, 0.5) is 15.5 Å². The largest absolute Gasteiger partial charge is 0.367 e. The Balaban J connectivity index is 1.41. The summed E-state index contributed by atoms with van der Waals surface area (Å²) in [6, 6.07) is 5.18. The first-order chi connectivity index (χ1) is 17.4. The molecule has 11 heteroatoms. The second kappa shape index (κ2) is 9.24. The van der Waals surface area contributed by atoms with E-state index in [2.05, 4.69) is 23.1 Å². The van der Waals surface area contributed by atoms with Gasteiger partial charge in [-0.05, 0) is 44.9 Å². The lowest BCUT2D eigenvalue weighted by molar-refractivity contribution is -0.0178. The van der Waals surface area contributed by atoms with E-state index < -0.39 is 5.82 Å². The van der Waals surface area contributed by atoms with Gasteiger partial charge < -0.3 is 14.5 Å². The lowest BCUT2D eigenvalue weighted by Gasteiger charge is -2.36. The number of thiazole rings is 1. The molecule has 6 rings (SSSR count). The first-order valence-corrected chi connectivity index (χ1v) is 13.4. The van der Waals surface area contributed by atoms with Crippen molar-refractivity contribution in [3.8, 4) is 11.3 Å². The number of hydrogen-bond donors (Lipinski definition) is 0. The second-order valence-corrected chi connectivity index (χ2v) is 10.9. The molecule has 1 aromatic carbocycles. The van der Waals surface area contributed by atoms with E-state index in [0.29, 0.717) is 47.0 Å². The number of fused-ring (bicyclic) bond motifs is 1. The molecule has 0 unspecified atom stereocenters. The monoisotopic (exact) mass is 527 g/mol. The molecule has 1 aliphatic heterocycles. The highest BCUT2D eigenvalue weighted by atomic mass is 35.5. The predicted molar refractivity (Wildman–Crippen MR) is 141 cm³/mol. The van der Waals surface area contributed by atoms with Gasteiger partial charge in [0.15, 0.2) is 10.8 Å². The Labute approximate surface area is 217 Å². The summed E-state index contributed by atoms with van der Waals surface area (Å²) in [6.07, 6.45) is 6.13. The molecule has 4 heterocycles. The van der Waals surface area contributed by atoms with Gasteiger partial charge in [0, 0.05) is 42.5 Å². The minimum absolute atomic E-state index is 0.0414. The minimum Gasteiger partial charge on any atom is -0.367 e. The van der Waals surface area contributed by atoms with Crippen LogP contribution in [-0.4, -0.2) is 57.5 Å². The fourth-order valence-corrected chi connectivity index (χ4v) is 5.66. The molecule has 1 saturated carbocycles. The summed E-state index contributed by atoms with van der Waals surface area (Å²) in [4.78, 5) is 18.7. The van der Waals surface area contributed by atoms with E-state index in [9.17, 15) is 0 Å². The van der Waals surface area contributed by atoms with Gasteiger partial charge in [-0.15, -0.1) is 0 Å². The zero-order chi connectivity index (χ0) is 25.0. The Hall–Kier alpha value is -2.82. The van der Waals surface area contributed by atoms with Crippen LogP contribution in [0.1, 0.15) is 44.4 Å². The average molecular weight is 528 g/mol. The molecular weight excluding hydrogens is 501 g/mol. The molecule has 2 fully saturated rings. The zero-order valence-electron chi connectivity index (χ0n) is 20.4. The number of anilines is 2. The number of nitrogens with zero attached hydrogens (tertiary/aromatic N) is 7. The van der Waals surface area contributed by atoms with E-state index in [1.165, 1.54) is 30.2 Å². The van der Waals surface area contributed by atoms with Crippen molar-refractivity contribution in [3.63, 3.8) is 0 Å². The summed E-state index contributed by atoms with van der Waals surface area (Å²) in [5.41, 5.74) is 2.51. The van der Waals surface area contributed by atoms with Crippen molar-refractivity contribution in [1.82, 2.24) is 24.7 Å². The lowest BCUT2D eigenvalue weighted by Crippen LogP contribution is -2.43. The number of ether oxygens (including phenoxy) is 1. The highest BCUT2D eigenvalue weighted by molar-refractivity contribution is 7.22. The fraction of sp³-hybridized carbons (Fsp3) is 0.440. The summed E-state index contributed by atoms with van der Waals surface area (Å²) >= 11 is 7.50. The maximum absolute atomic E-state index is 15.1. The Morgan fingerprint density at radius 2 is 2.06 bits per heavy atom. The minimum atomic E-state index is -0.423. The topological polar surface area (TPSA) is 72.2 Å². The number of benzene rings is 1. The lowest BCUT2D eigenvalue weighted by atomic mass is 10.1. The third-order valence-electron chi connectivity index (χ3n) is 6.68. The van der Waals surface area contributed by atoms with Crippen molar-refractivity contribution < 1.29 is 9.13 Å². The molecule has 0 bridgehead atoms. The molecule has 4 aromatic rings. The van der Waals surface area contributed by atoms with Crippen molar-refractivity contribution in [1.29, 1.82) is 0 Å². The number of rotatable bonds is 6. The van der Waals surface area contributed by atoms with Gasteiger partial charge in [-0.25, -0.2) is 9.37 Å². The third kappa shape index (κ3) is 4.42. The van der Waals surface area contributed by atoms with Crippen molar-refractivity contribution in [2.45, 2.75) is 44.9 Å². The average Bonchev–Trinajstić information content (AvgIpc) is 3.42. The summed E-state index contributed by atoms with van der Waals surface area (Å²) in [7, 11) is 1.98. The van der Waals surface area contributed by atoms with E-state index in [-0.39, 0.29) is 12.2 Å². The van der Waals surface area contributed by atoms with Crippen LogP contribution in [0.2, 0.25) is 5.02 Å². The molecular formula is C25H27ClFN7OS. The van der Waals surface area contributed by atoms with Gasteiger partial charge in [-0.1, -0.05) is 22.9 Å². The van der Waals surface area contributed by atoms with Crippen LogP contribution < -0.4 is 9.80 Å². The summed E-state index contributed by atoms with van der Waals surface area (Å²) < 4.78 is 24.1. The molecule has 188 valence electrons. The van der Waals surface area contributed by atoms with Gasteiger partial charge in [0.05, 0.1) is 30.6 Å². The normalized spacial score (nSPS) is 20.3. The number of halogens is 2. The van der Waals surface area contributed by atoms with Gasteiger partial charge in [-0.2, -0.15) is 15.1 Å². The summed E-state index contributed by atoms with van der Waals surface area (Å²) in [5, 5.41) is 5.69. The molecule has 0 radical (unpaired) electrons. The van der Waals surface area contributed by atoms with Crippen LogP contribution in [0.15, 0.2) is 30.6 Å². The number of aromatic nitrogens is 5. The number of morpholine rings is 1. The van der Waals surface area contributed by atoms with Gasteiger partial charge in [0.25, 0.3) is 0 Å².